The Labute approximate surface area is 149 Å². The zero-order valence-corrected chi connectivity index (χ0v) is 15.7. The molecule has 5 nitrogen and oxygen atoms in total. The Morgan fingerprint density at radius 2 is 1.92 bits per heavy atom. The van der Waals surface area contributed by atoms with E-state index >= 15 is 0 Å². The first-order valence-corrected chi connectivity index (χ1v) is 8.46. The van der Waals surface area contributed by atoms with Crippen molar-refractivity contribution in [1.82, 2.24) is 20.5 Å². The molecule has 1 aromatic heterocycles. The van der Waals surface area contributed by atoms with Gasteiger partial charge in [0.2, 0.25) is 0 Å². The van der Waals surface area contributed by atoms with E-state index < -0.39 is 0 Å². The topological polar surface area (TPSA) is 54.2 Å². The van der Waals surface area contributed by atoms with Crippen molar-refractivity contribution in [2.24, 2.45) is 5.10 Å². The zero-order chi connectivity index (χ0) is 17.7. The van der Waals surface area contributed by atoms with Crippen LogP contribution in [0.2, 0.25) is 0 Å². The first kappa shape index (κ1) is 18.1. The van der Waals surface area contributed by atoms with E-state index in [1.54, 1.807) is 6.21 Å². The van der Waals surface area contributed by atoms with Crippen molar-refractivity contribution in [2.75, 3.05) is 0 Å². The molecule has 2 rings (SSSR count). The highest BCUT2D eigenvalue weighted by atomic mass is 32.1. The normalized spacial score (nSPS) is 11.2. The fraction of sp³-hybridized carbons (Fsp3) is 0.389. The Morgan fingerprint density at radius 1 is 1.25 bits per heavy atom. The Balaban J connectivity index is 2.08. The smallest absolute Gasteiger partial charge is 0.187 e. The second-order valence-electron chi connectivity index (χ2n) is 6.23. The van der Waals surface area contributed by atoms with Gasteiger partial charge >= 0.3 is 0 Å². The monoisotopic (exact) mass is 343 g/mol. The molecule has 128 valence electrons. The summed E-state index contributed by atoms with van der Waals surface area (Å²) in [6.07, 6.45) is 1.78. The number of hydrogen-bond acceptors (Lipinski definition) is 3. The van der Waals surface area contributed by atoms with Crippen molar-refractivity contribution in [3.8, 4) is 0 Å². The molecule has 2 aromatic rings. The second kappa shape index (κ2) is 8.06. The average Bonchev–Trinajstić information content (AvgIpc) is 2.76. The number of aromatic nitrogens is 2. The van der Waals surface area contributed by atoms with E-state index in [-0.39, 0.29) is 6.04 Å². The van der Waals surface area contributed by atoms with E-state index in [4.69, 9.17) is 12.2 Å². The van der Waals surface area contributed by atoms with Crippen LogP contribution in [0, 0.1) is 20.8 Å². The van der Waals surface area contributed by atoms with Gasteiger partial charge in [0.05, 0.1) is 18.5 Å². The van der Waals surface area contributed by atoms with Crippen LogP contribution in [0.25, 0.3) is 0 Å². The molecule has 0 amide bonds. The maximum Gasteiger partial charge on any atom is 0.187 e. The molecule has 0 fully saturated rings. The molecule has 0 spiro atoms. The summed E-state index contributed by atoms with van der Waals surface area (Å²) in [7, 11) is 0. The number of nitrogens with one attached hydrogen (secondary N) is 2. The van der Waals surface area contributed by atoms with E-state index in [2.05, 4.69) is 59.1 Å². The first-order chi connectivity index (χ1) is 11.4. The van der Waals surface area contributed by atoms with E-state index in [9.17, 15) is 0 Å². The number of benzene rings is 1. The minimum Gasteiger partial charge on any atom is -0.359 e. The quantitative estimate of drug-likeness (QED) is 0.498. The minimum atomic E-state index is 0.279. The van der Waals surface area contributed by atoms with Crippen molar-refractivity contribution in [2.45, 2.75) is 47.2 Å². The summed E-state index contributed by atoms with van der Waals surface area (Å²) in [6, 6.07) is 8.79. The molecular formula is C18H25N5S. The predicted octanol–water partition coefficient (Wildman–Crippen LogP) is 3.06. The van der Waals surface area contributed by atoms with Gasteiger partial charge in [0.1, 0.15) is 0 Å². The minimum absolute atomic E-state index is 0.279. The lowest BCUT2D eigenvalue weighted by Crippen LogP contribution is -2.36. The van der Waals surface area contributed by atoms with Gasteiger partial charge in [0.15, 0.2) is 5.11 Å². The number of hydrogen-bond donors (Lipinski definition) is 2. The molecule has 0 bridgehead atoms. The molecule has 1 heterocycles. The van der Waals surface area contributed by atoms with Crippen LogP contribution in [0.5, 0.6) is 0 Å². The third-order valence-corrected chi connectivity index (χ3v) is 3.88. The van der Waals surface area contributed by atoms with E-state index in [0.29, 0.717) is 5.11 Å². The van der Waals surface area contributed by atoms with Gasteiger partial charge in [0.25, 0.3) is 0 Å². The van der Waals surface area contributed by atoms with Gasteiger partial charge in [-0.15, -0.1) is 0 Å². The number of thiocarbonyl (C=S) groups is 1. The van der Waals surface area contributed by atoms with Gasteiger partial charge in [-0.2, -0.15) is 10.2 Å². The lowest BCUT2D eigenvalue weighted by molar-refractivity contribution is 0.659. The maximum atomic E-state index is 5.16. The predicted molar refractivity (Wildman–Crippen MR) is 104 cm³/mol. The lowest BCUT2D eigenvalue weighted by atomic mass is 10.1. The van der Waals surface area contributed by atoms with E-state index in [1.807, 2.05) is 25.5 Å². The Hall–Kier alpha value is -2.21. The lowest BCUT2D eigenvalue weighted by Gasteiger charge is -2.09. The molecule has 0 aliphatic rings. The Kier molecular flexibility index (Phi) is 6.09. The van der Waals surface area contributed by atoms with Crippen LogP contribution in [-0.4, -0.2) is 27.1 Å². The molecular weight excluding hydrogens is 318 g/mol. The van der Waals surface area contributed by atoms with Crippen LogP contribution in [0.3, 0.4) is 0 Å². The molecule has 24 heavy (non-hydrogen) atoms. The Bertz CT molecular complexity index is 729. The highest BCUT2D eigenvalue weighted by Crippen LogP contribution is 2.13. The summed E-state index contributed by atoms with van der Waals surface area (Å²) in [4.78, 5) is 0. The number of rotatable bonds is 5. The molecule has 0 aliphatic carbocycles. The summed E-state index contributed by atoms with van der Waals surface area (Å²) in [5.41, 5.74) is 8.38. The third-order valence-electron chi connectivity index (χ3n) is 3.67. The largest absolute Gasteiger partial charge is 0.359 e. The fourth-order valence-electron chi connectivity index (χ4n) is 2.37. The van der Waals surface area contributed by atoms with Crippen molar-refractivity contribution in [3.63, 3.8) is 0 Å². The van der Waals surface area contributed by atoms with Crippen LogP contribution in [0.1, 0.15) is 41.9 Å². The van der Waals surface area contributed by atoms with Crippen LogP contribution in [-0.2, 0) is 6.54 Å². The molecule has 0 unspecified atom stereocenters. The number of nitrogens with zero attached hydrogens (tertiary/aromatic N) is 3. The molecule has 1 aromatic carbocycles. The average molecular weight is 344 g/mol. The van der Waals surface area contributed by atoms with Gasteiger partial charge in [-0.1, -0.05) is 29.8 Å². The van der Waals surface area contributed by atoms with Crippen molar-refractivity contribution in [3.05, 3.63) is 52.3 Å². The molecule has 6 heteroatoms. The maximum absolute atomic E-state index is 5.16. The molecule has 0 saturated heterocycles. The van der Waals surface area contributed by atoms with Crippen LogP contribution in [0.15, 0.2) is 29.4 Å². The summed E-state index contributed by atoms with van der Waals surface area (Å²) in [5, 5.41) is 12.4. The molecule has 0 aliphatic heterocycles. The van der Waals surface area contributed by atoms with Crippen LogP contribution >= 0.6 is 12.2 Å². The van der Waals surface area contributed by atoms with Gasteiger partial charge < -0.3 is 5.32 Å². The van der Waals surface area contributed by atoms with Gasteiger partial charge in [0, 0.05) is 17.3 Å². The first-order valence-electron chi connectivity index (χ1n) is 8.06. The summed E-state index contributed by atoms with van der Waals surface area (Å²) >= 11 is 5.16. The van der Waals surface area contributed by atoms with Crippen LogP contribution in [0.4, 0.5) is 0 Å². The van der Waals surface area contributed by atoms with Crippen molar-refractivity contribution in [1.29, 1.82) is 0 Å². The summed E-state index contributed by atoms with van der Waals surface area (Å²) < 4.78 is 2.01. The molecule has 0 saturated carbocycles. The number of hydrazone groups is 1. The van der Waals surface area contributed by atoms with E-state index in [0.717, 1.165) is 23.5 Å². The second-order valence-corrected chi connectivity index (χ2v) is 6.63. The van der Waals surface area contributed by atoms with Crippen LogP contribution < -0.4 is 10.7 Å². The molecule has 2 N–H and O–H groups in total. The number of aryl methyl sites for hydroxylation is 2. The standard InChI is InChI=1S/C18H25N5S/c1-12(2)20-18(24)21-19-10-17-14(4)22-23(15(17)5)11-16-8-6-13(3)7-9-16/h6-10,12H,11H2,1-5H3,(H2,20,21,24)/b19-10-. The third kappa shape index (κ3) is 4.89. The van der Waals surface area contributed by atoms with Gasteiger partial charge in [-0.3, -0.25) is 10.1 Å². The van der Waals surface area contributed by atoms with Crippen molar-refractivity contribution < 1.29 is 0 Å². The SMILES string of the molecule is Cc1ccc(Cn2nc(C)c(/C=N\NC(=S)NC(C)C)c2C)cc1. The molecule has 0 atom stereocenters. The summed E-state index contributed by atoms with van der Waals surface area (Å²) in [5.74, 6) is 0. The van der Waals surface area contributed by atoms with E-state index in [1.165, 1.54) is 11.1 Å². The highest BCUT2D eigenvalue weighted by Gasteiger charge is 2.10. The highest BCUT2D eigenvalue weighted by molar-refractivity contribution is 7.80. The van der Waals surface area contributed by atoms with Crippen molar-refractivity contribution >= 4 is 23.5 Å². The fourth-order valence-corrected chi connectivity index (χ4v) is 2.66. The Morgan fingerprint density at radius 3 is 2.54 bits per heavy atom. The molecule has 0 radical (unpaired) electrons. The van der Waals surface area contributed by atoms with Gasteiger partial charge in [-0.05, 0) is 52.4 Å². The summed E-state index contributed by atoms with van der Waals surface area (Å²) in [6.45, 7) is 10.9. The van der Waals surface area contributed by atoms with Gasteiger partial charge in [-0.25, -0.2) is 0 Å². The zero-order valence-electron chi connectivity index (χ0n) is 14.9.